The minimum Gasteiger partial charge on any atom is -0.318 e. The average Bonchev–Trinajstić information content (AvgIpc) is 2.96. The molecule has 3 aromatic rings. The summed E-state index contributed by atoms with van der Waals surface area (Å²) in [4.78, 5) is 17.3. The zero-order chi connectivity index (χ0) is 15.1. The van der Waals surface area contributed by atoms with Crippen LogP contribution in [0.4, 0.5) is 5.69 Å². The van der Waals surface area contributed by atoms with Gasteiger partial charge in [-0.05, 0) is 19.1 Å². The quantitative estimate of drug-likeness (QED) is 0.705. The van der Waals surface area contributed by atoms with E-state index in [1.165, 1.54) is 23.5 Å². The van der Waals surface area contributed by atoms with Gasteiger partial charge in [0.25, 0.3) is 5.91 Å². The Hall–Kier alpha value is -1.27. The highest BCUT2D eigenvalue weighted by Crippen LogP contribution is 2.34. The van der Waals surface area contributed by atoms with Gasteiger partial charge in [-0.1, -0.05) is 34.8 Å². The fourth-order valence-electron chi connectivity index (χ4n) is 1.84. The summed E-state index contributed by atoms with van der Waals surface area (Å²) in [7, 11) is 0. The molecule has 21 heavy (non-hydrogen) atoms. The van der Waals surface area contributed by atoms with Crippen LogP contribution in [0.1, 0.15) is 16.2 Å². The molecule has 0 bridgehead atoms. The molecule has 0 atom stereocenters. The molecule has 1 N–H and O–H groups in total. The van der Waals surface area contributed by atoms with E-state index in [4.69, 9.17) is 34.8 Å². The maximum absolute atomic E-state index is 12.2. The Morgan fingerprint density at radius 1 is 1.29 bits per heavy atom. The molecule has 3 rings (SSSR count). The lowest BCUT2D eigenvalue weighted by molar-refractivity contribution is 0.102. The van der Waals surface area contributed by atoms with Gasteiger partial charge >= 0.3 is 0 Å². The Bertz CT molecular complexity index is 833. The number of aryl methyl sites for hydroxylation is 1. The molecule has 8 heteroatoms. The number of aromatic nitrogens is 2. The number of hydrogen-bond donors (Lipinski definition) is 1. The van der Waals surface area contributed by atoms with Crippen molar-refractivity contribution in [3.63, 3.8) is 0 Å². The number of nitrogens with one attached hydrogen (secondary N) is 1. The van der Waals surface area contributed by atoms with Crippen molar-refractivity contribution in [2.75, 3.05) is 5.32 Å². The molecule has 0 fully saturated rings. The van der Waals surface area contributed by atoms with Gasteiger partial charge in [0, 0.05) is 22.3 Å². The Morgan fingerprint density at radius 2 is 1.95 bits per heavy atom. The summed E-state index contributed by atoms with van der Waals surface area (Å²) in [5, 5.41) is 5.58. The van der Waals surface area contributed by atoms with Gasteiger partial charge in [0.15, 0.2) is 4.96 Å². The third-order valence-electron chi connectivity index (χ3n) is 2.87. The first-order valence-electron chi connectivity index (χ1n) is 5.85. The van der Waals surface area contributed by atoms with Crippen molar-refractivity contribution in [1.29, 1.82) is 0 Å². The summed E-state index contributed by atoms with van der Waals surface area (Å²) in [5.74, 6) is -0.378. The Morgan fingerprint density at radius 3 is 2.57 bits per heavy atom. The van der Waals surface area contributed by atoms with Crippen LogP contribution in [-0.2, 0) is 0 Å². The molecule has 1 aromatic carbocycles. The largest absolute Gasteiger partial charge is 0.318 e. The van der Waals surface area contributed by atoms with Gasteiger partial charge in [0.05, 0.1) is 15.7 Å². The molecule has 0 saturated heterocycles. The van der Waals surface area contributed by atoms with Crippen LogP contribution >= 0.6 is 46.1 Å². The predicted molar refractivity (Wildman–Crippen MR) is 87.2 cm³/mol. The van der Waals surface area contributed by atoms with E-state index < -0.39 is 0 Å². The average molecular weight is 361 g/mol. The molecule has 0 spiro atoms. The van der Waals surface area contributed by atoms with Crippen molar-refractivity contribution >= 4 is 62.7 Å². The zero-order valence-electron chi connectivity index (χ0n) is 10.7. The van der Waals surface area contributed by atoms with E-state index in [2.05, 4.69) is 10.3 Å². The van der Waals surface area contributed by atoms with Crippen molar-refractivity contribution in [2.45, 2.75) is 6.92 Å². The second-order valence-electron chi connectivity index (χ2n) is 4.35. The molecule has 108 valence electrons. The minimum atomic E-state index is -0.378. The first kappa shape index (κ1) is 14.7. The molecular weight excluding hydrogens is 353 g/mol. The van der Waals surface area contributed by atoms with E-state index in [1.807, 2.05) is 16.7 Å². The van der Waals surface area contributed by atoms with Crippen LogP contribution in [0.2, 0.25) is 15.1 Å². The smallest absolute Gasteiger partial charge is 0.275 e. The van der Waals surface area contributed by atoms with Crippen LogP contribution in [0.25, 0.3) is 4.96 Å². The van der Waals surface area contributed by atoms with Gasteiger partial charge in [-0.3, -0.25) is 9.20 Å². The van der Waals surface area contributed by atoms with Gasteiger partial charge in [-0.15, -0.1) is 11.3 Å². The minimum absolute atomic E-state index is 0.276. The number of imidazole rings is 1. The van der Waals surface area contributed by atoms with E-state index in [0.717, 1.165) is 10.7 Å². The highest BCUT2D eigenvalue weighted by Gasteiger charge is 2.16. The Balaban J connectivity index is 1.93. The van der Waals surface area contributed by atoms with E-state index in [0.29, 0.717) is 16.4 Å². The number of benzene rings is 1. The van der Waals surface area contributed by atoms with Crippen molar-refractivity contribution in [3.05, 3.63) is 50.2 Å². The summed E-state index contributed by atoms with van der Waals surface area (Å²) >= 11 is 19.4. The molecule has 0 unspecified atom stereocenters. The zero-order valence-corrected chi connectivity index (χ0v) is 13.7. The second kappa shape index (κ2) is 5.50. The lowest BCUT2D eigenvalue weighted by atomic mass is 10.3. The van der Waals surface area contributed by atoms with Crippen LogP contribution in [0.3, 0.4) is 0 Å². The summed E-state index contributed by atoms with van der Waals surface area (Å²) in [6.07, 6.45) is 1.67. The summed E-state index contributed by atoms with van der Waals surface area (Å²) < 4.78 is 1.85. The van der Waals surface area contributed by atoms with E-state index in [-0.39, 0.29) is 16.0 Å². The fraction of sp³-hybridized carbons (Fsp3) is 0.0769. The first-order valence-corrected chi connectivity index (χ1v) is 7.86. The van der Waals surface area contributed by atoms with E-state index in [1.54, 1.807) is 6.20 Å². The van der Waals surface area contributed by atoms with Crippen LogP contribution < -0.4 is 5.32 Å². The number of thiazole rings is 1. The highest BCUT2D eigenvalue weighted by atomic mass is 35.5. The van der Waals surface area contributed by atoms with Crippen molar-refractivity contribution in [3.8, 4) is 0 Å². The molecule has 2 heterocycles. The van der Waals surface area contributed by atoms with Crippen LogP contribution in [0.15, 0.2) is 23.7 Å². The number of carbonyl (C=O) groups excluding carboxylic acids is 1. The number of rotatable bonds is 2. The lowest BCUT2D eigenvalue weighted by Gasteiger charge is -2.08. The monoisotopic (exact) mass is 359 g/mol. The Labute approximate surface area is 139 Å². The number of fused-ring (bicyclic) bond motifs is 1. The molecule has 0 aliphatic carbocycles. The third-order valence-corrected chi connectivity index (χ3v) is 4.64. The summed E-state index contributed by atoms with van der Waals surface area (Å²) in [6.45, 7) is 1.94. The maximum Gasteiger partial charge on any atom is 0.275 e. The van der Waals surface area contributed by atoms with E-state index >= 15 is 0 Å². The number of hydrogen-bond acceptors (Lipinski definition) is 3. The summed E-state index contributed by atoms with van der Waals surface area (Å²) in [5.41, 5.74) is 1.64. The Kier molecular flexibility index (Phi) is 3.84. The first-order chi connectivity index (χ1) is 9.95. The van der Waals surface area contributed by atoms with Crippen molar-refractivity contribution < 1.29 is 4.79 Å². The van der Waals surface area contributed by atoms with Crippen LogP contribution in [-0.4, -0.2) is 15.3 Å². The fourth-order valence-corrected chi connectivity index (χ4v) is 3.60. The van der Waals surface area contributed by atoms with Crippen LogP contribution in [0, 0.1) is 6.92 Å². The van der Waals surface area contributed by atoms with E-state index in [9.17, 15) is 4.79 Å². The number of carbonyl (C=O) groups is 1. The normalized spacial score (nSPS) is 11.0. The van der Waals surface area contributed by atoms with Gasteiger partial charge in [-0.25, -0.2) is 4.98 Å². The third kappa shape index (κ3) is 2.74. The topological polar surface area (TPSA) is 46.4 Å². The molecule has 0 radical (unpaired) electrons. The number of nitrogens with zero attached hydrogens (tertiary/aromatic N) is 2. The van der Waals surface area contributed by atoms with Crippen molar-refractivity contribution in [2.24, 2.45) is 0 Å². The number of amides is 1. The SMILES string of the molecule is Cc1csc2nc(C(=O)Nc3c(Cl)cc(Cl)cc3Cl)cn12. The molecule has 1 amide bonds. The molecule has 4 nitrogen and oxygen atoms in total. The molecular formula is C13H8Cl3N3OS. The molecule has 0 aliphatic heterocycles. The molecule has 2 aromatic heterocycles. The highest BCUT2D eigenvalue weighted by molar-refractivity contribution is 7.15. The van der Waals surface area contributed by atoms with Crippen molar-refractivity contribution in [1.82, 2.24) is 9.38 Å². The summed E-state index contributed by atoms with van der Waals surface area (Å²) in [6, 6.07) is 3.03. The van der Waals surface area contributed by atoms with Gasteiger partial charge in [0.1, 0.15) is 5.69 Å². The number of halogens is 3. The van der Waals surface area contributed by atoms with Gasteiger partial charge < -0.3 is 5.32 Å². The van der Waals surface area contributed by atoms with Gasteiger partial charge in [-0.2, -0.15) is 0 Å². The van der Waals surface area contributed by atoms with Gasteiger partial charge in [0.2, 0.25) is 0 Å². The maximum atomic E-state index is 12.2. The predicted octanol–water partition coefficient (Wildman–Crippen LogP) is 4.92. The second-order valence-corrected chi connectivity index (χ2v) is 6.44. The number of anilines is 1. The molecule has 0 aliphatic rings. The lowest BCUT2D eigenvalue weighted by Crippen LogP contribution is -2.13. The van der Waals surface area contributed by atoms with Crippen LogP contribution in [0.5, 0.6) is 0 Å². The standard InChI is InChI=1S/C13H8Cl3N3OS/c1-6-5-21-13-17-10(4-19(6)13)12(20)18-11-8(15)2-7(14)3-9(11)16/h2-5H,1H3,(H,18,20). The molecule has 0 saturated carbocycles.